The van der Waals surface area contributed by atoms with Gasteiger partial charge in [-0.1, -0.05) is 0 Å². The first-order chi connectivity index (χ1) is 20.8. The van der Waals surface area contributed by atoms with Gasteiger partial charge in [0.1, 0.15) is 31.7 Å². The Bertz CT molecular complexity index is 2280. The summed E-state index contributed by atoms with van der Waals surface area (Å²) in [5, 5.41) is 24.8. The van der Waals surface area contributed by atoms with Crippen LogP contribution in [-0.2, 0) is 41.6 Å². The van der Waals surface area contributed by atoms with E-state index in [9.17, 15) is 48.2 Å². The number of aromatic hydroxyl groups is 1. The van der Waals surface area contributed by atoms with Gasteiger partial charge >= 0.3 is 0 Å². The fraction of sp³-hybridized carbons (Fsp3) is 0. The van der Waals surface area contributed by atoms with Crippen molar-refractivity contribution in [1.82, 2.24) is 0 Å². The van der Waals surface area contributed by atoms with Gasteiger partial charge in [0.05, 0.1) is 16.8 Å². The van der Waals surface area contributed by atoms with Crippen molar-refractivity contribution in [3.63, 3.8) is 0 Å². The SMILES string of the molecule is Nc1ccc(S(=O)(=O)O)c(N=Nc2c(S(=O)(=O)O)cc3cc(S(=O)(=O)O)c(N=Nc4ccc(NS(=O)O)cc4)c(N)c3c2O)c1. The number of phenolic OH excluding ortho intramolecular Hbond substituents is 1. The molecular formula is C22H19N7O12S4. The minimum atomic E-state index is -5.27. The van der Waals surface area contributed by atoms with Gasteiger partial charge in [0.2, 0.25) is 0 Å². The van der Waals surface area contributed by atoms with Crippen LogP contribution in [0.1, 0.15) is 0 Å². The van der Waals surface area contributed by atoms with Crippen LogP contribution in [0.25, 0.3) is 10.8 Å². The monoisotopic (exact) mass is 701 g/mol. The number of nitrogens with one attached hydrogen (secondary N) is 1. The maximum absolute atomic E-state index is 12.2. The van der Waals surface area contributed by atoms with E-state index in [4.69, 9.17) is 16.0 Å². The number of phenols is 1. The summed E-state index contributed by atoms with van der Waals surface area (Å²) in [4.78, 5) is -2.94. The van der Waals surface area contributed by atoms with E-state index >= 15 is 0 Å². The Morgan fingerprint density at radius 1 is 0.689 bits per heavy atom. The smallest absolute Gasteiger partial charge is 0.296 e. The molecule has 0 spiro atoms. The van der Waals surface area contributed by atoms with Crippen LogP contribution in [0.3, 0.4) is 0 Å². The first-order valence-corrected chi connectivity index (χ1v) is 16.9. The topological polar surface area (TPSA) is 334 Å². The lowest BCUT2D eigenvalue weighted by Crippen LogP contribution is -2.04. The fourth-order valence-corrected chi connectivity index (χ4v) is 6.11. The van der Waals surface area contributed by atoms with Gasteiger partial charge in [-0.3, -0.25) is 22.9 Å². The number of nitrogens with zero attached hydrogens (tertiary/aromatic N) is 4. The predicted molar refractivity (Wildman–Crippen MR) is 160 cm³/mol. The highest BCUT2D eigenvalue weighted by Gasteiger charge is 2.28. The molecule has 238 valence electrons. The predicted octanol–water partition coefficient (Wildman–Crippen LogP) is 3.83. The summed E-state index contributed by atoms with van der Waals surface area (Å²) in [5.74, 6) is -1.12. The molecule has 0 aromatic heterocycles. The van der Waals surface area contributed by atoms with E-state index in [-0.39, 0.29) is 17.1 Å². The molecule has 0 fully saturated rings. The molecule has 23 heteroatoms. The Morgan fingerprint density at radius 2 is 1.22 bits per heavy atom. The van der Waals surface area contributed by atoms with Crippen LogP contribution in [0.5, 0.6) is 5.75 Å². The third-order valence-corrected chi connectivity index (χ3v) is 8.77. The Kier molecular flexibility index (Phi) is 8.91. The molecule has 4 aromatic rings. The molecular weight excluding hydrogens is 683 g/mol. The van der Waals surface area contributed by atoms with Crippen molar-refractivity contribution < 1.29 is 52.8 Å². The summed E-state index contributed by atoms with van der Waals surface area (Å²) < 4.78 is 124. The lowest BCUT2D eigenvalue weighted by molar-refractivity contribution is 0.472. The normalized spacial score (nSPS) is 13.5. The number of rotatable bonds is 9. The van der Waals surface area contributed by atoms with Gasteiger partial charge < -0.3 is 16.6 Å². The minimum Gasteiger partial charge on any atom is -0.505 e. The largest absolute Gasteiger partial charge is 0.505 e. The van der Waals surface area contributed by atoms with E-state index < -0.39 is 95.6 Å². The van der Waals surface area contributed by atoms with E-state index in [2.05, 4.69) is 25.2 Å². The Labute approximate surface area is 256 Å². The van der Waals surface area contributed by atoms with Crippen LogP contribution in [0.15, 0.2) is 89.7 Å². The van der Waals surface area contributed by atoms with Gasteiger partial charge in [-0.2, -0.15) is 30.4 Å². The molecule has 4 aromatic carbocycles. The molecule has 0 bridgehead atoms. The van der Waals surface area contributed by atoms with Gasteiger partial charge in [-0.25, -0.2) is 4.21 Å². The maximum Gasteiger partial charge on any atom is 0.296 e. The number of hydrogen-bond donors (Lipinski definition) is 8. The van der Waals surface area contributed by atoms with Crippen LogP contribution >= 0.6 is 0 Å². The van der Waals surface area contributed by atoms with Crippen LogP contribution < -0.4 is 16.2 Å². The second-order valence-electron chi connectivity index (χ2n) is 8.76. The van der Waals surface area contributed by atoms with Gasteiger partial charge in [-0.05, 0) is 60.0 Å². The molecule has 0 amide bonds. The second-order valence-corrected chi connectivity index (χ2v) is 13.6. The lowest BCUT2D eigenvalue weighted by Gasteiger charge is -2.14. The van der Waals surface area contributed by atoms with E-state index in [1.165, 1.54) is 24.3 Å². The number of anilines is 3. The standard InChI is InChI=1S/C22H19N7O12S4/c23-11-1-6-15(43(33,34)35)14(9-11)26-28-21-17(45(39,40)41)8-10-7-16(44(36,37)38)20(19(24)18(10)22(21)30)27-25-12-2-4-13(5-3-12)29-42(31)32/h1-9,29-30H,23-24H2,(H,31,32)(H,33,34,35)(H,36,37,38)(H,39,40,41). The van der Waals surface area contributed by atoms with Gasteiger partial charge in [-0.15, -0.1) is 15.3 Å². The molecule has 19 nitrogen and oxygen atoms in total. The van der Waals surface area contributed by atoms with Crippen LogP contribution in [0, 0.1) is 0 Å². The van der Waals surface area contributed by atoms with Crippen molar-refractivity contribution in [3.05, 3.63) is 54.6 Å². The first kappa shape index (κ1) is 33.3. The molecule has 1 unspecified atom stereocenters. The molecule has 0 saturated carbocycles. The number of nitrogen functional groups attached to an aromatic ring is 2. The third-order valence-electron chi connectivity index (χ3n) is 5.73. The fourth-order valence-electron chi connectivity index (χ4n) is 3.84. The Hall–Kier alpha value is -4.62. The van der Waals surface area contributed by atoms with Crippen molar-refractivity contribution in [2.24, 2.45) is 20.5 Å². The molecule has 0 radical (unpaired) electrons. The second kappa shape index (κ2) is 12.1. The minimum absolute atomic E-state index is 0.0552. The highest BCUT2D eigenvalue weighted by atomic mass is 32.2. The summed E-state index contributed by atoms with van der Waals surface area (Å²) in [6.45, 7) is 0. The molecule has 0 aliphatic carbocycles. The van der Waals surface area contributed by atoms with Crippen molar-refractivity contribution >= 4 is 92.2 Å². The number of azo groups is 2. The number of fused-ring (bicyclic) bond motifs is 1. The molecule has 0 saturated heterocycles. The summed E-state index contributed by atoms with van der Waals surface area (Å²) in [7, 11) is -15.3. The van der Waals surface area contributed by atoms with E-state index in [0.29, 0.717) is 12.1 Å². The first-order valence-electron chi connectivity index (χ1n) is 11.5. The molecule has 45 heavy (non-hydrogen) atoms. The zero-order valence-corrected chi connectivity index (χ0v) is 25.1. The average Bonchev–Trinajstić information content (AvgIpc) is 2.90. The summed E-state index contributed by atoms with van der Waals surface area (Å²) in [5.41, 5.74) is 8.94. The van der Waals surface area contributed by atoms with E-state index in [1.807, 2.05) is 0 Å². The Morgan fingerprint density at radius 3 is 1.76 bits per heavy atom. The van der Waals surface area contributed by atoms with Gasteiger partial charge in [0, 0.05) is 11.4 Å². The van der Waals surface area contributed by atoms with Crippen molar-refractivity contribution in [2.45, 2.75) is 14.7 Å². The molecule has 0 aliphatic heterocycles. The molecule has 0 aliphatic rings. The molecule has 4 rings (SSSR count). The summed E-state index contributed by atoms with van der Waals surface area (Å²) in [6, 6.07) is 9.45. The van der Waals surface area contributed by atoms with Crippen LogP contribution in [-0.4, -0.2) is 52.8 Å². The number of hydrogen-bond acceptors (Lipinski definition) is 14. The molecule has 1 atom stereocenters. The summed E-state index contributed by atoms with van der Waals surface area (Å²) in [6.07, 6.45) is 0. The highest BCUT2D eigenvalue weighted by molar-refractivity contribution is 7.86. The van der Waals surface area contributed by atoms with Crippen molar-refractivity contribution in [2.75, 3.05) is 16.2 Å². The zero-order chi connectivity index (χ0) is 33.5. The maximum atomic E-state index is 12.2. The van der Waals surface area contributed by atoms with Gasteiger partial charge in [0.25, 0.3) is 41.6 Å². The van der Waals surface area contributed by atoms with Crippen LogP contribution in [0.2, 0.25) is 0 Å². The zero-order valence-electron chi connectivity index (χ0n) is 21.9. The quantitative estimate of drug-likeness (QED) is 0.0532. The van der Waals surface area contributed by atoms with Crippen LogP contribution in [0.4, 0.5) is 39.8 Å². The number of nitrogens with two attached hydrogens (primary N) is 2. The van der Waals surface area contributed by atoms with Crippen molar-refractivity contribution in [3.8, 4) is 5.75 Å². The van der Waals surface area contributed by atoms with E-state index in [0.717, 1.165) is 18.2 Å². The Balaban J connectivity index is 1.99. The summed E-state index contributed by atoms with van der Waals surface area (Å²) >= 11 is -2.37. The molecule has 10 N–H and O–H groups in total. The average molecular weight is 702 g/mol. The van der Waals surface area contributed by atoms with E-state index in [1.54, 1.807) is 0 Å². The number of benzene rings is 4. The third kappa shape index (κ3) is 7.37. The lowest BCUT2D eigenvalue weighted by atomic mass is 10.1. The van der Waals surface area contributed by atoms with Gasteiger partial charge in [0.15, 0.2) is 5.75 Å². The highest BCUT2D eigenvalue weighted by Crippen LogP contribution is 2.48. The molecule has 0 heterocycles. The van der Waals surface area contributed by atoms with Crippen molar-refractivity contribution in [1.29, 1.82) is 0 Å².